The Kier molecular flexibility index (Phi) is 6.54. The lowest BCUT2D eigenvalue weighted by molar-refractivity contribution is 0.277. The second-order valence-corrected chi connectivity index (χ2v) is 7.15. The van der Waals surface area contributed by atoms with Crippen molar-refractivity contribution in [2.24, 2.45) is 11.3 Å². The smallest absolute Gasteiger partial charge is 0.119 e. The maximum absolute atomic E-state index is 5.30. The number of hydrogen-bond acceptors (Lipinski definition) is 2. The molecule has 1 aromatic rings. The monoisotopic (exact) mass is 277 g/mol. The average molecular weight is 277 g/mol. The molecule has 0 aliphatic rings. The number of ether oxygens (including phenoxy) is 1. The van der Waals surface area contributed by atoms with Crippen molar-refractivity contribution in [3.63, 3.8) is 0 Å². The minimum absolute atomic E-state index is 0.410. The Morgan fingerprint density at radius 2 is 1.95 bits per heavy atom. The van der Waals surface area contributed by atoms with E-state index in [2.05, 4.69) is 58.3 Å². The molecule has 0 fully saturated rings. The van der Waals surface area contributed by atoms with Crippen LogP contribution in [0.15, 0.2) is 24.3 Å². The average Bonchev–Trinajstić information content (AvgIpc) is 2.36. The summed E-state index contributed by atoms with van der Waals surface area (Å²) in [6.45, 7) is 9.32. The largest absolute Gasteiger partial charge is 0.497 e. The molecule has 0 saturated carbocycles. The van der Waals surface area contributed by atoms with Gasteiger partial charge in [0.25, 0.3) is 0 Å². The maximum atomic E-state index is 5.30. The topological polar surface area (TPSA) is 21.3 Å². The van der Waals surface area contributed by atoms with E-state index in [1.54, 1.807) is 7.11 Å². The molecule has 2 atom stereocenters. The predicted molar refractivity (Wildman–Crippen MR) is 87.4 cm³/mol. The van der Waals surface area contributed by atoms with Gasteiger partial charge >= 0.3 is 0 Å². The van der Waals surface area contributed by atoms with Crippen molar-refractivity contribution in [2.75, 3.05) is 14.2 Å². The molecule has 0 aliphatic carbocycles. The number of rotatable bonds is 7. The van der Waals surface area contributed by atoms with Crippen molar-refractivity contribution in [3.8, 4) is 5.75 Å². The van der Waals surface area contributed by atoms with E-state index in [9.17, 15) is 0 Å². The molecule has 2 nitrogen and oxygen atoms in total. The molecule has 1 rings (SSSR count). The lowest BCUT2D eigenvalue weighted by Crippen LogP contribution is -2.30. The predicted octanol–water partition coefficient (Wildman–Crippen LogP) is 4.29. The quantitative estimate of drug-likeness (QED) is 0.803. The Labute approximate surface area is 124 Å². The third-order valence-electron chi connectivity index (χ3n) is 3.67. The first-order chi connectivity index (χ1) is 9.34. The first-order valence-electron chi connectivity index (χ1n) is 7.64. The molecule has 0 bridgehead atoms. The summed E-state index contributed by atoms with van der Waals surface area (Å²) in [5, 5.41) is 3.46. The van der Waals surface area contributed by atoms with Crippen molar-refractivity contribution in [2.45, 2.75) is 53.0 Å². The van der Waals surface area contributed by atoms with E-state index in [4.69, 9.17) is 4.74 Å². The molecular weight excluding hydrogens is 246 g/mol. The lowest BCUT2D eigenvalue weighted by atomic mass is 9.82. The highest BCUT2D eigenvalue weighted by Crippen LogP contribution is 2.27. The summed E-state index contributed by atoms with van der Waals surface area (Å²) >= 11 is 0. The molecule has 0 amide bonds. The van der Waals surface area contributed by atoms with Crippen LogP contribution in [-0.4, -0.2) is 20.2 Å². The van der Waals surface area contributed by atoms with Crippen LogP contribution in [0.5, 0.6) is 5.75 Å². The van der Waals surface area contributed by atoms with Gasteiger partial charge in [0.05, 0.1) is 7.11 Å². The summed E-state index contributed by atoms with van der Waals surface area (Å²) in [7, 11) is 3.79. The van der Waals surface area contributed by atoms with Gasteiger partial charge in [-0.25, -0.2) is 0 Å². The number of likely N-dealkylation sites (N-methyl/N-ethyl adjacent to an activating group) is 1. The standard InChI is InChI=1S/C18H31NO/c1-14(13-18(2,3)4)10-16(19-5)11-15-8-7-9-17(12-15)20-6/h7-9,12,14,16,19H,10-11,13H2,1-6H3. The van der Waals surface area contributed by atoms with E-state index < -0.39 is 0 Å². The van der Waals surface area contributed by atoms with Crippen molar-refractivity contribution in [3.05, 3.63) is 29.8 Å². The van der Waals surface area contributed by atoms with E-state index in [-0.39, 0.29) is 0 Å². The molecule has 2 heteroatoms. The second kappa shape index (κ2) is 7.68. The van der Waals surface area contributed by atoms with Crippen LogP contribution in [0.1, 0.15) is 46.1 Å². The molecule has 2 unspecified atom stereocenters. The summed E-state index contributed by atoms with van der Waals surface area (Å²) in [6, 6.07) is 8.92. The zero-order chi connectivity index (χ0) is 15.2. The van der Waals surface area contributed by atoms with Crippen LogP contribution in [0.3, 0.4) is 0 Å². The molecule has 1 N–H and O–H groups in total. The molecule has 114 valence electrons. The Hall–Kier alpha value is -1.02. The summed E-state index contributed by atoms with van der Waals surface area (Å²) in [4.78, 5) is 0. The minimum Gasteiger partial charge on any atom is -0.497 e. The summed E-state index contributed by atoms with van der Waals surface area (Å²) < 4.78 is 5.30. The van der Waals surface area contributed by atoms with Crippen LogP contribution in [0, 0.1) is 11.3 Å². The molecule has 20 heavy (non-hydrogen) atoms. The molecule has 0 saturated heterocycles. The lowest BCUT2D eigenvalue weighted by Gasteiger charge is -2.26. The number of hydrogen-bond donors (Lipinski definition) is 1. The molecule has 0 aliphatic heterocycles. The van der Waals surface area contributed by atoms with Gasteiger partial charge in [-0.2, -0.15) is 0 Å². The summed E-state index contributed by atoms with van der Waals surface area (Å²) in [6.07, 6.45) is 3.54. The van der Waals surface area contributed by atoms with Crippen LogP contribution in [0.25, 0.3) is 0 Å². The summed E-state index contributed by atoms with van der Waals surface area (Å²) in [5.74, 6) is 1.68. The molecule has 0 spiro atoms. The third kappa shape index (κ3) is 6.42. The summed E-state index contributed by atoms with van der Waals surface area (Å²) in [5.41, 5.74) is 1.75. The molecule has 1 aromatic carbocycles. The normalized spacial score (nSPS) is 14.9. The Morgan fingerprint density at radius 1 is 1.25 bits per heavy atom. The number of nitrogens with one attached hydrogen (secondary N) is 1. The molecule has 0 heterocycles. The molecule has 0 aromatic heterocycles. The van der Waals surface area contributed by atoms with Gasteiger partial charge < -0.3 is 10.1 Å². The van der Waals surface area contributed by atoms with Gasteiger partial charge in [-0.05, 0) is 55.3 Å². The Balaban J connectivity index is 2.58. The van der Waals surface area contributed by atoms with E-state index in [1.807, 2.05) is 6.07 Å². The minimum atomic E-state index is 0.410. The zero-order valence-electron chi connectivity index (χ0n) is 14.0. The van der Waals surface area contributed by atoms with Gasteiger partial charge in [0, 0.05) is 6.04 Å². The van der Waals surface area contributed by atoms with Crippen molar-refractivity contribution < 1.29 is 4.74 Å². The van der Waals surface area contributed by atoms with Gasteiger partial charge in [-0.1, -0.05) is 39.8 Å². The van der Waals surface area contributed by atoms with Crippen molar-refractivity contribution in [1.29, 1.82) is 0 Å². The third-order valence-corrected chi connectivity index (χ3v) is 3.67. The fraction of sp³-hybridized carbons (Fsp3) is 0.667. The van der Waals surface area contributed by atoms with E-state index in [0.29, 0.717) is 11.5 Å². The van der Waals surface area contributed by atoms with Crippen LogP contribution >= 0.6 is 0 Å². The molecule has 0 radical (unpaired) electrons. The van der Waals surface area contributed by atoms with Gasteiger partial charge in [0.2, 0.25) is 0 Å². The first kappa shape index (κ1) is 17.0. The zero-order valence-corrected chi connectivity index (χ0v) is 14.0. The SMILES string of the molecule is CNC(Cc1cccc(OC)c1)CC(C)CC(C)(C)C. The van der Waals surface area contributed by atoms with Crippen LogP contribution in [0.4, 0.5) is 0 Å². The first-order valence-corrected chi connectivity index (χ1v) is 7.64. The maximum Gasteiger partial charge on any atom is 0.119 e. The number of benzene rings is 1. The highest BCUT2D eigenvalue weighted by atomic mass is 16.5. The van der Waals surface area contributed by atoms with Crippen molar-refractivity contribution >= 4 is 0 Å². The second-order valence-electron chi connectivity index (χ2n) is 7.15. The number of methoxy groups -OCH3 is 1. The van der Waals surface area contributed by atoms with Gasteiger partial charge in [0.15, 0.2) is 0 Å². The fourth-order valence-electron chi connectivity index (χ4n) is 3.00. The van der Waals surface area contributed by atoms with Crippen LogP contribution in [0.2, 0.25) is 0 Å². The van der Waals surface area contributed by atoms with E-state index in [1.165, 1.54) is 18.4 Å². The van der Waals surface area contributed by atoms with Gasteiger partial charge in [0.1, 0.15) is 5.75 Å². The fourth-order valence-corrected chi connectivity index (χ4v) is 3.00. The van der Waals surface area contributed by atoms with E-state index >= 15 is 0 Å². The Morgan fingerprint density at radius 3 is 2.50 bits per heavy atom. The highest BCUT2D eigenvalue weighted by Gasteiger charge is 2.18. The highest BCUT2D eigenvalue weighted by molar-refractivity contribution is 5.28. The van der Waals surface area contributed by atoms with Crippen LogP contribution < -0.4 is 10.1 Å². The van der Waals surface area contributed by atoms with Gasteiger partial charge in [-0.15, -0.1) is 0 Å². The van der Waals surface area contributed by atoms with Crippen molar-refractivity contribution in [1.82, 2.24) is 5.32 Å². The molecular formula is C18H31NO. The Bertz CT molecular complexity index is 395. The van der Waals surface area contributed by atoms with E-state index in [0.717, 1.165) is 18.1 Å². The van der Waals surface area contributed by atoms with Gasteiger partial charge in [-0.3, -0.25) is 0 Å². The van der Waals surface area contributed by atoms with Crippen LogP contribution in [-0.2, 0) is 6.42 Å².